The van der Waals surface area contributed by atoms with E-state index < -0.39 is 0 Å². The van der Waals surface area contributed by atoms with Crippen molar-refractivity contribution >= 4 is 27.8 Å². The summed E-state index contributed by atoms with van der Waals surface area (Å²) in [7, 11) is 1.00. The van der Waals surface area contributed by atoms with E-state index in [1.54, 1.807) is 22.1 Å². The van der Waals surface area contributed by atoms with Gasteiger partial charge in [0.2, 0.25) is 0 Å². The quantitative estimate of drug-likeness (QED) is 0.572. The first kappa shape index (κ1) is 16.9. The van der Waals surface area contributed by atoms with Gasteiger partial charge in [0, 0.05) is 18.4 Å². The molecule has 0 spiro atoms. The molecule has 0 bridgehead atoms. The number of carbonyl (C=O) groups excluding carboxylic acids is 1. The molecule has 7 heteroatoms. The summed E-state index contributed by atoms with van der Waals surface area (Å²) in [6.45, 7) is 1.93. The van der Waals surface area contributed by atoms with E-state index in [1.807, 2.05) is 42.8 Å². The number of fused-ring (bicyclic) bond motifs is 1. The van der Waals surface area contributed by atoms with Crippen molar-refractivity contribution in [3.63, 3.8) is 0 Å². The predicted molar refractivity (Wildman–Crippen MR) is 98.2 cm³/mol. The van der Waals surface area contributed by atoms with Crippen molar-refractivity contribution in [1.82, 2.24) is 19.7 Å². The Hall–Kier alpha value is -2.90. The summed E-state index contributed by atoms with van der Waals surface area (Å²) in [5.41, 5.74) is 5.88. The number of thiazole rings is 1. The van der Waals surface area contributed by atoms with Gasteiger partial charge in [0.05, 0.1) is 21.4 Å². The molecule has 4 rings (SSSR count). The van der Waals surface area contributed by atoms with Crippen LogP contribution in [-0.4, -0.2) is 38.3 Å². The van der Waals surface area contributed by atoms with Gasteiger partial charge in [0.1, 0.15) is 5.69 Å². The lowest BCUT2D eigenvalue weighted by Crippen LogP contribution is -2.03. The maximum absolute atomic E-state index is 11.2. The number of aliphatic hydroxyl groups excluding tert-OH is 1. The molecule has 1 N–H and O–H groups in total. The molecule has 25 heavy (non-hydrogen) atoms. The van der Waals surface area contributed by atoms with Crippen molar-refractivity contribution in [2.75, 3.05) is 7.11 Å². The Kier molecular flexibility index (Phi) is 4.97. The monoisotopic (exact) mass is 352 g/mol. The molecule has 4 aromatic rings. The second-order valence-corrected chi connectivity index (χ2v) is 6.04. The number of aldehydes is 1. The second kappa shape index (κ2) is 7.33. The summed E-state index contributed by atoms with van der Waals surface area (Å²) in [6.07, 6.45) is 0.751. The third-order valence-electron chi connectivity index (χ3n) is 3.57. The highest BCUT2D eigenvalue weighted by atomic mass is 32.1. The Morgan fingerprint density at radius 2 is 2.00 bits per heavy atom. The van der Waals surface area contributed by atoms with Gasteiger partial charge < -0.3 is 5.11 Å². The Morgan fingerprint density at radius 1 is 1.16 bits per heavy atom. The van der Waals surface area contributed by atoms with Crippen LogP contribution in [0.1, 0.15) is 16.2 Å². The van der Waals surface area contributed by atoms with Gasteiger partial charge >= 0.3 is 0 Å². The zero-order chi connectivity index (χ0) is 17.8. The molecule has 3 heterocycles. The van der Waals surface area contributed by atoms with Crippen LogP contribution >= 0.6 is 11.3 Å². The number of aryl methyl sites for hydroxylation is 1. The molecule has 0 aliphatic heterocycles. The molecular formula is C18H16N4O2S. The number of benzene rings is 1. The summed E-state index contributed by atoms with van der Waals surface area (Å²) in [6, 6.07) is 13.5. The number of aliphatic hydroxyl groups is 1. The summed E-state index contributed by atoms with van der Waals surface area (Å²) < 4.78 is 2.80. The van der Waals surface area contributed by atoms with E-state index in [2.05, 4.69) is 21.1 Å². The van der Waals surface area contributed by atoms with Crippen molar-refractivity contribution in [2.24, 2.45) is 0 Å². The normalized spacial score (nSPS) is 10.4. The van der Waals surface area contributed by atoms with Gasteiger partial charge in [-0.15, -0.1) is 11.3 Å². The number of aromatic nitrogens is 4. The zero-order valence-electron chi connectivity index (χ0n) is 13.7. The number of hydrogen-bond acceptors (Lipinski definition) is 6. The predicted octanol–water partition coefficient (Wildman–Crippen LogP) is 3.27. The van der Waals surface area contributed by atoms with Crippen LogP contribution in [0.25, 0.3) is 27.3 Å². The SMILES string of the molecule is CO.Cc1cccc(-n2nc(C=O)cc2-c2ccc3ncsc3c2)n1. The van der Waals surface area contributed by atoms with Crippen LogP contribution in [0.5, 0.6) is 0 Å². The van der Waals surface area contributed by atoms with E-state index in [0.717, 1.165) is 40.6 Å². The standard InChI is InChI=1S/C17H12N4OS.CH4O/c1-11-3-2-4-17(19-11)21-15(8-13(9-22)20-21)12-5-6-14-16(7-12)23-10-18-14;1-2/h2-10H,1H3;2H,1H3. The van der Waals surface area contributed by atoms with Gasteiger partial charge in [-0.3, -0.25) is 4.79 Å². The number of pyridine rings is 1. The van der Waals surface area contributed by atoms with Crippen LogP contribution < -0.4 is 0 Å². The molecule has 0 atom stereocenters. The largest absolute Gasteiger partial charge is 0.400 e. The van der Waals surface area contributed by atoms with Crippen LogP contribution in [0.3, 0.4) is 0 Å². The fraction of sp³-hybridized carbons (Fsp3) is 0.111. The molecule has 6 nitrogen and oxygen atoms in total. The average molecular weight is 352 g/mol. The molecule has 3 aromatic heterocycles. The van der Waals surface area contributed by atoms with E-state index in [4.69, 9.17) is 5.11 Å². The molecule has 0 saturated carbocycles. The number of nitrogens with zero attached hydrogens (tertiary/aromatic N) is 4. The highest BCUT2D eigenvalue weighted by Crippen LogP contribution is 2.28. The molecule has 0 amide bonds. The van der Waals surface area contributed by atoms with Crippen molar-refractivity contribution in [3.8, 4) is 17.1 Å². The minimum absolute atomic E-state index is 0.382. The molecule has 0 radical (unpaired) electrons. The number of rotatable bonds is 3. The Labute approximate surface area is 148 Å². The number of carbonyl (C=O) groups is 1. The van der Waals surface area contributed by atoms with Crippen molar-refractivity contribution in [2.45, 2.75) is 6.92 Å². The van der Waals surface area contributed by atoms with E-state index in [9.17, 15) is 4.79 Å². The van der Waals surface area contributed by atoms with Gasteiger partial charge in [-0.2, -0.15) is 5.10 Å². The highest BCUT2D eigenvalue weighted by Gasteiger charge is 2.13. The first-order chi connectivity index (χ1) is 12.2. The lowest BCUT2D eigenvalue weighted by Gasteiger charge is -2.07. The summed E-state index contributed by atoms with van der Waals surface area (Å²) in [5.74, 6) is 0.692. The first-order valence-corrected chi connectivity index (χ1v) is 8.40. The summed E-state index contributed by atoms with van der Waals surface area (Å²) in [5, 5.41) is 11.4. The lowest BCUT2D eigenvalue weighted by molar-refractivity contribution is 0.111. The maximum atomic E-state index is 11.2. The molecule has 0 aliphatic rings. The van der Waals surface area contributed by atoms with E-state index in [-0.39, 0.29) is 0 Å². The van der Waals surface area contributed by atoms with Crippen LogP contribution in [-0.2, 0) is 0 Å². The molecule has 0 saturated heterocycles. The summed E-state index contributed by atoms with van der Waals surface area (Å²) >= 11 is 1.59. The topological polar surface area (TPSA) is 80.9 Å². The first-order valence-electron chi connectivity index (χ1n) is 7.52. The van der Waals surface area contributed by atoms with Crippen LogP contribution in [0.15, 0.2) is 48.0 Å². The van der Waals surface area contributed by atoms with Gasteiger partial charge in [-0.25, -0.2) is 14.6 Å². The molecule has 0 unspecified atom stereocenters. The second-order valence-electron chi connectivity index (χ2n) is 5.16. The third-order valence-corrected chi connectivity index (χ3v) is 4.36. The van der Waals surface area contributed by atoms with Gasteiger partial charge in [-0.1, -0.05) is 12.1 Å². The molecule has 1 aromatic carbocycles. The Morgan fingerprint density at radius 3 is 2.76 bits per heavy atom. The van der Waals surface area contributed by atoms with Crippen molar-refractivity contribution < 1.29 is 9.90 Å². The van der Waals surface area contributed by atoms with Gasteiger partial charge in [0.25, 0.3) is 0 Å². The van der Waals surface area contributed by atoms with Crippen molar-refractivity contribution in [3.05, 3.63) is 59.4 Å². The van der Waals surface area contributed by atoms with E-state index in [1.165, 1.54) is 0 Å². The Balaban J connectivity index is 0.000000880. The molecule has 0 aliphatic carbocycles. The molecular weight excluding hydrogens is 336 g/mol. The zero-order valence-corrected chi connectivity index (χ0v) is 14.6. The minimum Gasteiger partial charge on any atom is -0.400 e. The minimum atomic E-state index is 0.382. The maximum Gasteiger partial charge on any atom is 0.170 e. The fourth-order valence-electron chi connectivity index (χ4n) is 2.50. The van der Waals surface area contributed by atoms with Gasteiger partial charge in [-0.05, 0) is 37.3 Å². The molecule has 0 fully saturated rings. The van der Waals surface area contributed by atoms with Crippen molar-refractivity contribution in [1.29, 1.82) is 0 Å². The van der Waals surface area contributed by atoms with E-state index >= 15 is 0 Å². The lowest BCUT2D eigenvalue weighted by atomic mass is 10.1. The van der Waals surface area contributed by atoms with Crippen LogP contribution in [0.4, 0.5) is 0 Å². The number of hydrogen-bond donors (Lipinski definition) is 1. The smallest absolute Gasteiger partial charge is 0.170 e. The van der Waals surface area contributed by atoms with Crippen LogP contribution in [0, 0.1) is 6.92 Å². The van der Waals surface area contributed by atoms with Gasteiger partial charge in [0.15, 0.2) is 12.1 Å². The average Bonchev–Trinajstić information content (AvgIpc) is 3.29. The Bertz CT molecular complexity index is 1020. The molecule has 126 valence electrons. The fourth-order valence-corrected chi connectivity index (χ4v) is 3.21. The highest BCUT2D eigenvalue weighted by molar-refractivity contribution is 7.16. The van der Waals surface area contributed by atoms with Crippen LogP contribution in [0.2, 0.25) is 0 Å². The third kappa shape index (κ3) is 3.33. The summed E-state index contributed by atoms with van der Waals surface area (Å²) in [4.78, 5) is 20.0. The van der Waals surface area contributed by atoms with E-state index in [0.29, 0.717) is 11.5 Å².